The quantitative estimate of drug-likeness (QED) is 0.726. The summed E-state index contributed by atoms with van der Waals surface area (Å²) in [6, 6.07) is 2.67. The van der Waals surface area contributed by atoms with E-state index in [1.54, 1.807) is 0 Å². The van der Waals surface area contributed by atoms with E-state index in [4.69, 9.17) is 4.74 Å². The zero-order valence-corrected chi connectivity index (χ0v) is 10.0. The normalized spacial score (nSPS) is 21.4. The predicted octanol–water partition coefficient (Wildman–Crippen LogP) is 1.05. The molecule has 1 aromatic heterocycles. The summed E-state index contributed by atoms with van der Waals surface area (Å²) in [6.07, 6.45) is 1.93. The molecule has 17 heavy (non-hydrogen) atoms. The summed E-state index contributed by atoms with van der Waals surface area (Å²) in [7, 11) is 2.06. The number of fused-ring (bicyclic) bond motifs is 1. The van der Waals surface area contributed by atoms with Gasteiger partial charge in [0, 0.05) is 31.9 Å². The van der Waals surface area contributed by atoms with Crippen LogP contribution >= 0.6 is 0 Å². The monoisotopic (exact) mass is 232 g/mol. The first kappa shape index (κ1) is 10.8. The van der Waals surface area contributed by atoms with Crippen LogP contribution in [0, 0.1) is 11.3 Å². The van der Waals surface area contributed by atoms with Crippen molar-refractivity contribution in [2.75, 3.05) is 20.3 Å². The van der Waals surface area contributed by atoms with Crippen LogP contribution in [0.3, 0.4) is 0 Å². The van der Waals surface area contributed by atoms with Gasteiger partial charge in [0.25, 0.3) is 0 Å². The van der Waals surface area contributed by atoms with Crippen molar-refractivity contribution in [2.24, 2.45) is 0 Å². The molecule has 0 N–H and O–H groups in total. The van der Waals surface area contributed by atoms with Crippen LogP contribution in [0.4, 0.5) is 0 Å². The molecule has 3 heterocycles. The molecule has 90 valence electrons. The Bertz CT molecular complexity index is 468. The molecule has 0 aliphatic carbocycles. The molecular weight excluding hydrogens is 216 g/mol. The van der Waals surface area contributed by atoms with Gasteiger partial charge in [-0.2, -0.15) is 10.4 Å². The molecule has 0 bridgehead atoms. The first-order valence-electron chi connectivity index (χ1n) is 6.06. The zero-order chi connectivity index (χ0) is 11.8. The Morgan fingerprint density at radius 1 is 1.35 bits per heavy atom. The molecule has 0 spiro atoms. The third-order valence-corrected chi connectivity index (χ3v) is 3.58. The van der Waals surface area contributed by atoms with Gasteiger partial charge in [0.2, 0.25) is 0 Å². The fourth-order valence-electron chi connectivity index (χ4n) is 2.70. The Hall–Kier alpha value is -1.38. The molecule has 5 heteroatoms. The molecule has 0 radical (unpaired) electrons. The maximum absolute atomic E-state index is 9.33. The van der Waals surface area contributed by atoms with Crippen molar-refractivity contribution in [1.82, 2.24) is 14.7 Å². The summed E-state index contributed by atoms with van der Waals surface area (Å²) in [5.41, 5.74) is 2.97. The van der Waals surface area contributed by atoms with Crippen LogP contribution in [0.1, 0.15) is 35.8 Å². The Morgan fingerprint density at radius 3 is 2.82 bits per heavy atom. The summed E-state index contributed by atoms with van der Waals surface area (Å²) in [5, 5.41) is 14.0. The van der Waals surface area contributed by atoms with Gasteiger partial charge in [0.05, 0.1) is 11.7 Å². The van der Waals surface area contributed by atoms with Crippen molar-refractivity contribution in [3.8, 4) is 6.07 Å². The highest BCUT2D eigenvalue weighted by atomic mass is 16.5. The molecule has 0 unspecified atom stereocenters. The number of nitrogens with zero attached hydrogens (tertiary/aromatic N) is 4. The fourth-order valence-corrected chi connectivity index (χ4v) is 2.70. The van der Waals surface area contributed by atoms with Gasteiger partial charge in [-0.25, -0.2) is 0 Å². The van der Waals surface area contributed by atoms with E-state index in [1.807, 2.05) is 4.68 Å². The van der Waals surface area contributed by atoms with Crippen molar-refractivity contribution in [2.45, 2.75) is 32.0 Å². The molecule has 3 rings (SSSR count). The van der Waals surface area contributed by atoms with E-state index in [1.165, 1.54) is 0 Å². The average Bonchev–Trinajstić information content (AvgIpc) is 2.85. The molecule has 1 fully saturated rings. The first-order valence-corrected chi connectivity index (χ1v) is 6.06. The van der Waals surface area contributed by atoms with E-state index >= 15 is 0 Å². The van der Waals surface area contributed by atoms with Gasteiger partial charge < -0.3 is 4.74 Å². The highest BCUT2D eigenvalue weighted by Gasteiger charge is 2.28. The average molecular weight is 232 g/mol. The fraction of sp³-hybridized carbons (Fsp3) is 0.667. The Balaban J connectivity index is 1.96. The number of ether oxygens (including phenoxy) is 1. The van der Waals surface area contributed by atoms with Crippen LogP contribution in [-0.4, -0.2) is 34.9 Å². The molecule has 5 nitrogen and oxygen atoms in total. The molecule has 2 aliphatic rings. The van der Waals surface area contributed by atoms with Crippen LogP contribution in [0.5, 0.6) is 0 Å². The van der Waals surface area contributed by atoms with Crippen LogP contribution < -0.4 is 0 Å². The highest BCUT2D eigenvalue weighted by Crippen LogP contribution is 2.29. The van der Waals surface area contributed by atoms with Gasteiger partial charge in [-0.05, 0) is 19.9 Å². The van der Waals surface area contributed by atoms with E-state index in [0.717, 1.165) is 56.1 Å². The maximum Gasteiger partial charge on any atom is 0.143 e. The van der Waals surface area contributed by atoms with Crippen LogP contribution in [0.2, 0.25) is 0 Å². The Kier molecular flexibility index (Phi) is 2.61. The second kappa shape index (κ2) is 4.13. The highest BCUT2D eigenvalue weighted by molar-refractivity contribution is 5.38. The van der Waals surface area contributed by atoms with Crippen molar-refractivity contribution in [1.29, 1.82) is 5.26 Å². The maximum atomic E-state index is 9.33. The molecule has 1 saturated heterocycles. The number of nitriles is 1. The third kappa shape index (κ3) is 1.74. The summed E-state index contributed by atoms with van der Waals surface area (Å²) >= 11 is 0. The van der Waals surface area contributed by atoms with Gasteiger partial charge in [0.15, 0.2) is 0 Å². The van der Waals surface area contributed by atoms with Crippen molar-refractivity contribution < 1.29 is 4.74 Å². The standard InChI is InChI=1S/C12H16N4O/c1-15-7-10-11(8-15)14-16(12(10)6-13)9-2-4-17-5-3-9/h9H,2-5,7-8H2,1H3. The Labute approximate surface area is 101 Å². The third-order valence-electron chi connectivity index (χ3n) is 3.58. The van der Waals surface area contributed by atoms with E-state index in [-0.39, 0.29) is 0 Å². The summed E-state index contributed by atoms with van der Waals surface area (Å²) in [5.74, 6) is 0. The Morgan fingerprint density at radius 2 is 2.12 bits per heavy atom. The predicted molar refractivity (Wildman–Crippen MR) is 61.2 cm³/mol. The number of hydrogen-bond acceptors (Lipinski definition) is 4. The minimum atomic E-state index is 0.342. The van der Waals surface area contributed by atoms with Gasteiger partial charge in [-0.3, -0.25) is 9.58 Å². The molecule has 0 aromatic carbocycles. The zero-order valence-electron chi connectivity index (χ0n) is 10.0. The van der Waals surface area contributed by atoms with Gasteiger partial charge >= 0.3 is 0 Å². The van der Waals surface area contributed by atoms with Gasteiger partial charge in [0.1, 0.15) is 11.8 Å². The van der Waals surface area contributed by atoms with Crippen LogP contribution in [0.15, 0.2) is 0 Å². The molecule has 0 atom stereocenters. The molecule has 2 aliphatic heterocycles. The van der Waals surface area contributed by atoms with E-state index in [0.29, 0.717) is 6.04 Å². The lowest BCUT2D eigenvalue weighted by molar-refractivity contribution is 0.0657. The minimum absolute atomic E-state index is 0.342. The smallest absolute Gasteiger partial charge is 0.143 e. The molecule has 0 amide bonds. The summed E-state index contributed by atoms with van der Waals surface area (Å²) in [4.78, 5) is 2.19. The van der Waals surface area contributed by atoms with Gasteiger partial charge in [-0.1, -0.05) is 0 Å². The number of rotatable bonds is 1. The van der Waals surface area contributed by atoms with Gasteiger partial charge in [-0.15, -0.1) is 0 Å². The van der Waals surface area contributed by atoms with E-state index in [2.05, 4.69) is 23.1 Å². The minimum Gasteiger partial charge on any atom is -0.381 e. The number of hydrogen-bond donors (Lipinski definition) is 0. The first-order chi connectivity index (χ1) is 8.29. The van der Waals surface area contributed by atoms with Crippen LogP contribution in [-0.2, 0) is 17.8 Å². The summed E-state index contributed by atoms with van der Waals surface area (Å²) < 4.78 is 7.30. The molecule has 0 saturated carbocycles. The number of aromatic nitrogens is 2. The topological polar surface area (TPSA) is 54.1 Å². The second-order valence-electron chi connectivity index (χ2n) is 4.85. The lowest BCUT2D eigenvalue weighted by Gasteiger charge is -2.23. The molecule has 1 aromatic rings. The largest absolute Gasteiger partial charge is 0.381 e. The second-order valence-corrected chi connectivity index (χ2v) is 4.85. The van der Waals surface area contributed by atoms with Crippen LogP contribution in [0.25, 0.3) is 0 Å². The molecular formula is C12H16N4O. The SMILES string of the molecule is CN1Cc2nn(C3CCOCC3)c(C#N)c2C1. The summed E-state index contributed by atoms with van der Waals surface area (Å²) in [6.45, 7) is 3.27. The van der Waals surface area contributed by atoms with Crippen molar-refractivity contribution in [3.63, 3.8) is 0 Å². The van der Waals surface area contributed by atoms with E-state index < -0.39 is 0 Å². The lowest BCUT2D eigenvalue weighted by atomic mass is 10.1. The van der Waals surface area contributed by atoms with E-state index in [9.17, 15) is 5.26 Å². The van der Waals surface area contributed by atoms with Crippen molar-refractivity contribution >= 4 is 0 Å². The lowest BCUT2D eigenvalue weighted by Crippen LogP contribution is -2.22. The van der Waals surface area contributed by atoms with Crippen molar-refractivity contribution in [3.05, 3.63) is 17.0 Å².